The molecule has 0 atom stereocenters. The third kappa shape index (κ3) is 3.40. The first kappa shape index (κ1) is 18.0. The molecule has 0 spiro atoms. The minimum atomic E-state index is -0.113. The Morgan fingerprint density at radius 3 is 2.10 bits per heavy atom. The lowest BCUT2D eigenvalue weighted by molar-refractivity contribution is -0.120. The van der Waals surface area contributed by atoms with Crippen LogP contribution in [0.15, 0.2) is 108 Å². The molecular weight excluding hydrogens is 372 g/mol. The maximum Gasteiger partial charge on any atom is 0.243 e. The van der Waals surface area contributed by atoms with Crippen molar-refractivity contribution in [2.24, 2.45) is 0 Å². The molecule has 146 valence electrons. The van der Waals surface area contributed by atoms with Gasteiger partial charge < -0.3 is 4.42 Å². The third-order valence-electron chi connectivity index (χ3n) is 5.16. The molecule has 0 saturated carbocycles. The molecule has 0 aliphatic heterocycles. The summed E-state index contributed by atoms with van der Waals surface area (Å²) in [6, 6.07) is 31.7. The average molecular weight is 392 g/mol. The number of fused-ring (bicyclic) bond motifs is 3. The highest BCUT2D eigenvalue weighted by atomic mass is 16.3. The average Bonchev–Trinajstić information content (AvgIpc) is 3.22. The van der Waals surface area contributed by atoms with Gasteiger partial charge in [0, 0.05) is 10.9 Å². The second-order valence-electron chi connectivity index (χ2n) is 7.14. The Morgan fingerprint density at radius 2 is 1.40 bits per heavy atom. The first-order valence-electron chi connectivity index (χ1n) is 9.87. The van der Waals surface area contributed by atoms with Crippen molar-refractivity contribution in [1.29, 1.82) is 0 Å². The summed E-state index contributed by atoms with van der Waals surface area (Å²) in [6.07, 6.45) is 1.91. The summed E-state index contributed by atoms with van der Waals surface area (Å²) in [5.41, 5.74) is 6.50. The van der Waals surface area contributed by atoms with Crippen molar-refractivity contribution < 1.29 is 9.21 Å². The standard InChI is InChI=1S/C26H20N2O2/c29-25(27-28(21-10-3-1-4-11-21)22-12-5-2-6-13-22)17-20-18-30-24-16-15-19-9-7-8-14-23(19)26(20)24/h1-16,18H,17H2,(H,27,29). The van der Waals surface area contributed by atoms with E-state index in [0.29, 0.717) is 0 Å². The van der Waals surface area contributed by atoms with Gasteiger partial charge >= 0.3 is 0 Å². The van der Waals surface area contributed by atoms with Crippen LogP contribution in [-0.2, 0) is 11.2 Å². The maximum atomic E-state index is 13.1. The molecule has 0 aliphatic rings. The van der Waals surface area contributed by atoms with Gasteiger partial charge in [0.05, 0.1) is 24.1 Å². The van der Waals surface area contributed by atoms with Crippen molar-refractivity contribution in [3.63, 3.8) is 0 Å². The van der Waals surface area contributed by atoms with Crippen LogP contribution in [0.3, 0.4) is 0 Å². The molecule has 1 heterocycles. The first-order valence-corrected chi connectivity index (χ1v) is 9.87. The van der Waals surface area contributed by atoms with E-state index in [-0.39, 0.29) is 12.3 Å². The van der Waals surface area contributed by atoms with Gasteiger partial charge in [-0.25, -0.2) is 0 Å². The van der Waals surface area contributed by atoms with Crippen LogP contribution in [0.1, 0.15) is 5.56 Å². The molecule has 4 heteroatoms. The lowest BCUT2D eigenvalue weighted by Gasteiger charge is -2.25. The molecule has 4 aromatic carbocycles. The SMILES string of the molecule is O=C(Cc1coc2ccc3ccccc3c12)NN(c1ccccc1)c1ccccc1. The lowest BCUT2D eigenvalue weighted by atomic mass is 10.0. The van der Waals surface area contributed by atoms with Crippen LogP contribution in [0.4, 0.5) is 11.4 Å². The summed E-state index contributed by atoms with van der Waals surface area (Å²) in [7, 11) is 0. The Labute approximate surface area is 174 Å². The van der Waals surface area contributed by atoms with Crippen LogP contribution in [0.25, 0.3) is 21.7 Å². The molecule has 1 N–H and O–H groups in total. The molecule has 5 aromatic rings. The van der Waals surface area contributed by atoms with Gasteiger partial charge in [-0.05, 0) is 41.1 Å². The Kier molecular flexibility index (Phi) is 4.66. The van der Waals surface area contributed by atoms with E-state index in [4.69, 9.17) is 4.42 Å². The molecule has 1 aromatic heterocycles. The van der Waals surface area contributed by atoms with Gasteiger partial charge in [-0.15, -0.1) is 0 Å². The summed E-state index contributed by atoms with van der Waals surface area (Å²) >= 11 is 0. The van der Waals surface area contributed by atoms with Crippen LogP contribution < -0.4 is 10.4 Å². The number of nitrogens with zero attached hydrogens (tertiary/aromatic N) is 1. The number of hydrogen-bond acceptors (Lipinski definition) is 3. The number of hydrazine groups is 1. The fraction of sp³-hybridized carbons (Fsp3) is 0.0385. The summed E-state index contributed by atoms with van der Waals surface area (Å²) < 4.78 is 5.74. The quantitative estimate of drug-likeness (QED) is 0.373. The topological polar surface area (TPSA) is 45.5 Å². The van der Waals surface area contributed by atoms with Crippen molar-refractivity contribution >= 4 is 39.0 Å². The number of anilines is 2. The summed E-state index contributed by atoms with van der Waals surface area (Å²) in [5.74, 6) is -0.113. The maximum absolute atomic E-state index is 13.1. The summed E-state index contributed by atoms with van der Waals surface area (Å²) in [5, 5.41) is 5.02. The van der Waals surface area contributed by atoms with Gasteiger partial charge in [-0.1, -0.05) is 66.7 Å². The van der Waals surface area contributed by atoms with Crippen molar-refractivity contribution in [3.05, 3.63) is 109 Å². The van der Waals surface area contributed by atoms with E-state index in [1.165, 1.54) is 0 Å². The van der Waals surface area contributed by atoms with Crippen molar-refractivity contribution in [2.75, 3.05) is 5.01 Å². The zero-order chi connectivity index (χ0) is 20.3. The van der Waals surface area contributed by atoms with Crippen LogP contribution in [-0.4, -0.2) is 5.91 Å². The number of furan rings is 1. The van der Waals surface area contributed by atoms with Crippen molar-refractivity contribution in [2.45, 2.75) is 6.42 Å². The highest BCUT2D eigenvalue weighted by molar-refractivity contribution is 6.08. The van der Waals surface area contributed by atoms with E-state index >= 15 is 0 Å². The molecule has 30 heavy (non-hydrogen) atoms. The molecule has 0 fully saturated rings. The Hall–Kier alpha value is -4.05. The van der Waals surface area contributed by atoms with E-state index in [9.17, 15) is 4.79 Å². The normalized spacial score (nSPS) is 10.9. The predicted octanol–water partition coefficient (Wildman–Crippen LogP) is 6.00. The fourth-order valence-electron chi connectivity index (χ4n) is 3.77. The number of nitrogens with one attached hydrogen (secondary N) is 1. The Bertz CT molecular complexity index is 1270. The second kappa shape index (κ2) is 7.76. The number of para-hydroxylation sites is 2. The smallest absolute Gasteiger partial charge is 0.243 e. The van der Waals surface area contributed by atoms with Crippen molar-refractivity contribution in [1.82, 2.24) is 5.43 Å². The molecule has 0 unspecified atom stereocenters. The molecule has 0 bridgehead atoms. The Balaban J connectivity index is 1.47. The molecule has 4 nitrogen and oxygen atoms in total. The molecular formula is C26H20N2O2. The number of carbonyl (C=O) groups excluding carboxylic acids is 1. The van der Waals surface area contributed by atoms with E-state index < -0.39 is 0 Å². The van der Waals surface area contributed by atoms with Crippen LogP contribution >= 0.6 is 0 Å². The number of benzene rings is 4. The zero-order valence-electron chi connectivity index (χ0n) is 16.3. The molecule has 0 radical (unpaired) electrons. The molecule has 0 saturated heterocycles. The minimum absolute atomic E-state index is 0.113. The van der Waals surface area contributed by atoms with Gasteiger partial charge in [0.1, 0.15) is 5.58 Å². The highest BCUT2D eigenvalue weighted by Crippen LogP contribution is 2.30. The van der Waals surface area contributed by atoms with E-state index in [1.54, 1.807) is 6.26 Å². The van der Waals surface area contributed by atoms with E-state index in [0.717, 1.165) is 38.7 Å². The third-order valence-corrected chi connectivity index (χ3v) is 5.16. The van der Waals surface area contributed by atoms with E-state index in [2.05, 4.69) is 17.6 Å². The number of amides is 1. The van der Waals surface area contributed by atoms with Crippen LogP contribution in [0.2, 0.25) is 0 Å². The molecule has 5 rings (SSSR count). The number of rotatable bonds is 5. The van der Waals surface area contributed by atoms with E-state index in [1.807, 2.05) is 89.9 Å². The largest absolute Gasteiger partial charge is 0.464 e. The minimum Gasteiger partial charge on any atom is -0.464 e. The van der Waals surface area contributed by atoms with Gasteiger partial charge in [-0.3, -0.25) is 15.2 Å². The lowest BCUT2D eigenvalue weighted by Crippen LogP contribution is -2.39. The number of carbonyl (C=O) groups is 1. The van der Waals surface area contributed by atoms with Crippen LogP contribution in [0.5, 0.6) is 0 Å². The van der Waals surface area contributed by atoms with Gasteiger partial charge in [0.2, 0.25) is 5.91 Å². The summed E-state index contributed by atoms with van der Waals surface area (Å²) in [4.78, 5) is 13.1. The molecule has 0 aliphatic carbocycles. The van der Waals surface area contributed by atoms with Gasteiger partial charge in [0.15, 0.2) is 0 Å². The van der Waals surface area contributed by atoms with Gasteiger partial charge in [-0.2, -0.15) is 0 Å². The highest BCUT2D eigenvalue weighted by Gasteiger charge is 2.16. The Morgan fingerprint density at radius 1 is 0.767 bits per heavy atom. The monoisotopic (exact) mass is 392 g/mol. The predicted molar refractivity (Wildman–Crippen MR) is 121 cm³/mol. The second-order valence-corrected chi connectivity index (χ2v) is 7.14. The van der Waals surface area contributed by atoms with Gasteiger partial charge in [0.25, 0.3) is 0 Å². The van der Waals surface area contributed by atoms with Crippen molar-refractivity contribution in [3.8, 4) is 0 Å². The number of hydrogen-bond donors (Lipinski definition) is 1. The first-order chi connectivity index (χ1) is 14.8. The fourth-order valence-corrected chi connectivity index (χ4v) is 3.77. The zero-order valence-corrected chi connectivity index (χ0v) is 16.3. The summed E-state index contributed by atoms with van der Waals surface area (Å²) in [6.45, 7) is 0. The molecule has 1 amide bonds. The van der Waals surface area contributed by atoms with Crippen LogP contribution in [0, 0.1) is 0 Å².